The van der Waals surface area contributed by atoms with E-state index in [1.54, 1.807) is 12.1 Å². The molecule has 1 aromatic heterocycles. The van der Waals surface area contributed by atoms with Gasteiger partial charge in [0.05, 0.1) is 10.0 Å². The molecule has 21 heavy (non-hydrogen) atoms. The smallest absolute Gasteiger partial charge is 0.256 e. The maximum atomic E-state index is 14.3. The van der Waals surface area contributed by atoms with Gasteiger partial charge in [-0.15, -0.1) is 0 Å². The van der Waals surface area contributed by atoms with Gasteiger partial charge in [0, 0.05) is 28.8 Å². The first-order chi connectivity index (χ1) is 10.0. The highest BCUT2D eigenvalue weighted by Crippen LogP contribution is 2.36. The number of benzene rings is 1. The van der Waals surface area contributed by atoms with Crippen LogP contribution >= 0.6 is 39.1 Å². The number of aromatic nitrogens is 1. The fourth-order valence-corrected chi connectivity index (χ4v) is 2.45. The van der Waals surface area contributed by atoms with Gasteiger partial charge in [-0.2, -0.15) is 0 Å². The van der Waals surface area contributed by atoms with Crippen LogP contribution in [0.3, 0.4) is 0 Å². The number of pyridine rings is 1. The molecule has 7 heteroatoms. The van der Waals surface area contributed by atoms with Crippen LogP contribution in [0.2, 0.25) is 10.0 Å². The van der Waals surface area contributed by atoms with Crippen molar-refractivity contribution in [2.24, 2.45) is 0 Å². The van der Waals surface area contributed by atoms with Crippen LogP contribution in [0.15, 0.2) is 28.9 Å². The van der Waals surface area contributed by atoms with Gasteiger partial charge in [-0.05, 0) is 34.6 Å². The highest BCUT2D eigenvalue weighted by Gasteiger charge is 2.14. The van der Waals surface area contributed by atoms with Gasteiger partial charge in [0.1, 0.15) is 5.75 Å². The molecule has 0 saturated carbocycles. The molecule has 0 aliphatic carbocycles. The number of nitrogens with zero attached hydrogens (tertiary/aromatic N) is 1. The quantitative estimate of drug-likeness (QED) is 0.709. The largest absolute Gasteiger partial charge is 0.435 e. The van der Waals surface area contributed by atoms with Crippen LogP contribution in [0.5, 0.6) is 11.6 Å². The maximum absolute atomic E-state index is 14.3. The first kappa shape index (κ1) is 16.5. The Balaban J connectivity index is 2.29. The van der Waals surface area contributed by atoms with Crippen LogP contribution in [0, 0.1) is 5.82 Å². The highest BCUT2D eigenvalue weighted by molar-refractivity contribution is 9.10. The molecule has 0 fully saturated rings. The summed E-state index contributed by atoms with van der Waals surface area (Å²) in [5.74, 6) is -0.406. The average Bonchev–Trinajstić information content (AvgIpc) is 2.45. The predicted molar refractivity (Wildman–Crippen MR) is 85.8 cm³/mol. The lowest BCUT2D eigenvalue weighted by molar-refractivity contribution is 0.418. The van der Waals surface area contributed by atoms with Gasteiger partial charge in [0.2, 0.25) is 0 Å². The maximum Gasteiger partial charge on any atom is 0.256 e. The number of hydrogen-bond donors (Lipinski definition) is 1. The molecular formula is C14H12BrCl2FN2O. The van der Waals surface area contributed by atoms with E-state index in [-0.39, 0.29) is 11.6 Å². The Hall–Kier alpha value is -0.880. The third-order valence-electron chi connectivity index (χ3n) is 2.68. The molecule has 0 unspecified atom stereocenters. The van der Waals surface area contributed by atoms with Crippen LogP contribution in [-0.2, 0) is 6.54 Å². The molecule has 2 rings (SSSR count). The van der Waals surface area contributed by atoms with Gasteiger partial charge in [0.25, 0.3) is 5.88 Å². The topological polar surface area (TPSA) is 34.2 Å². The number of ether oxygens (including phenoxy) is 1. The molecule has 0 amide bonds. The van der Waals surface area contributed by atoms with Crippen molar-refractivity contribution >= 4 is 39.1 Å². The highest BCUT2D eigenvalue weighted by atomic mass is 79.9. The summed E-state index contributed by atoms with van der Waals surface area (Å²) in [5.41, 5.74) is 0.473. The van der Waals surface area contributed by atoms with Crippen molar-refractivity contribution in [3.05, 3.63) is 50.3 Å². The van der Waals surface area contributed by atoms with E-state index in [0.717, 1.165) is 6.54 Å². The van der Waals surface area contributed by atoms with E-state index in [4.69, 9.17) is 27.9 Å². The Labute approximate surface area is 140 Å². The van der Waals surface area contributed by atoms with Crippen LogP contribution in [0.1, 0.15) is 12.5 Å². The summed E-state index contributed by atoms with van der Waals surface area (Å²) in [6.45, 7) is 3.09. The van der Waals surface area contributed by atoms with Gasteiger partial charge in [-0.3, -0.25) is 0 Å². The Morgan fingerprint density at radius 2 is 2.10 bits per heavy atom. The zero-order chi connectivity index (χ0) is 15.4. The average molecular weight is 394 g/mol. The Kier molecular flexibility index (Phi) is 5.81. The zero-order valence-corrected chi connectivity index (χ0v) is 14.2. The second kappa shape index (κ2) is 7.40. The van der Waals surface area contributed by atoms with Crippen LogP contribution in [0.4, 0.5) is 4.39 Å². The molecule has 0 bridgehead atoms. The summed E-state index contributed by atoms with van der Waals surface area (Å²) in [5, 5.41) is 3.77. The van der Waals surface area contributed by atoms with Crippen molar-refractivity contribution in [3.63, 3.8) is 0 Å². The monoisotopic (exact) mass is 392 g/mol. The van der Waals surface area contributed by atoms with Gasteiger partial charge < -0.3 is 10.1 Å². The van der Waals surface area contributed by atoms with E-state index in [9.17, 15) is 4.39 Å². The van der Waals surface area contributed by atoms with Crippen molar-refractivity contribution in [1.82, 2.24) is 10.3 Å². The summed E-state index contributed by atoms with van der Waals surface area (Å²) in [7, 11) is 0. The molecule has 112 valence electrons. The summed E-state index contributed by atoms with van der Waals surface area (Å²) >= 11 is 15.3. The van der Waals surface area contributed by atoms with Crippen molar-refractivity contribution < 1.29 is 9.13 Å². The van der Waals surface area contributed by atoms with Gasteiger partial charge in [-0.25, -0.2) is 9.37 Å². The molecule has 1 heterocycles. The van der Waals surface area contributed by atoms with Crippen molar-refractivity contribution in [2.45, 2.75) is 13.5 Å². The minimum atomic E-state index is -0.520. The van der Waals surface area contributed by atoms with Gasteiger partial charge in [-0.1, -0.05) is 30.1 Å². The Bertz CT molecular complexity index is 655. The standard InChI is InChI=1S/C14H12BrCl2FN2O/c1-2-19-7-8-3-4-20-14(13(8)18)21-12-6-10(16)9(15)5-11(12)17/h3-6,19H,2,7H2,1H3. The van der Waals surface area contributed by atoms with Gasteiger partial charge >= 0.3 is 0 Å². The first-order valence-electron chi connectivity index (χ1n) is 6.19. The normalized spacial score (nSPS) is 10.7. The molecule has 3 nitrogen and oxygen atoms in total. The zero-order valence-electron chi connectivity index (χ0n) is 11.1. The van der Waals surface area contributed by atoms with Gasteiger partial charge in [0.15, 0.2) is 5.82 Å². The SMILES string of the molecule is CCNCc1ccnc(Oc2cc(Cl)c(Br)cc2Cl)c1F. The van der Waals surface area contributed by atoms with E-state index >= 15 is 0 Å². The first-order valence-corrected chi connectivity index (χ1v) is 7.74. The number of halogens is 4. The minimum Gasteiger partial charge on any atom is -0.435 e. The molecule has 2 aromatic rings. The van der Waals surface area contributed by atoms with Crippen molar-refractivity contribution in [3.8, 4) is 11.6 Å². The molecule has 0 radical (unpaired) electrons. The van der Waals surface area contributed by atoms with Crippen molar-refractivity contribution in [1.29, 1.82) is 0 Å². The van der Waals surface area contributed by atoms with E-state index in [2.05, 4.69) is 26.2 Å². The molecule has 0 aliphatic heterocycles. The second-order valence-corrected chi connectivity index (χ2v) is 5.84. The number of rotatable bonds is 5. The number of nitrogens with one attached hydrogen (secondary N) is 1. The van der Waals surface area contributed by atoms with Crippen LogP contribution in [-0.4, -0.2) is 11.5 Å². The lowest BCUT2D eigenvalue weighted by Crippen LogP contribution is -2.13. The summed E-state index contributed by atoms with van der Waals surface area (Å²) in [4.78, 5) is 3.90. The van der Waals surface area contributed by atoms with Crippen LogP contribution < -0.4 is 10.1 Å². The molecule has 0 atom stereocenters. The van der Waals surface area contributed by atoms with E-state index < -0.39 is 5.82 Å². The third-order valence-corrected chi connectivity index (χ3v) is 4.18. The summed E-state index contributed by atoms with van der Waals surface area (Å²) < 4.78 is 20.4. The lowest BCUT2D eigenvalue weighted by Gasteiger charge is -2.11. The molecule has 0 spiro atoms. The molecule has 1 aromatic carbocycles. The number of hydrogen-bond acceptors (Lipinski definition) is 3. The minimum absolute atomic E-state index is 0.134. The summed E-state index contributed by atoms with van der Waals surface area (Å²) in [6.07, 6.45) is 1.49. The molecular weight excluding hydrogens is 382 g/mol. The summed E-state index contributed by atoms with van der Waals surface area (Å²) in [6, 6.07) is 4.69. The van der Waals surface area contributed by atoms with E-state index in [1.165, 1.54) is 12.3 Å². The lowest BCUT2D eigenvalue weighted by atomic mass is 10.2. The van der Waals surface area contributed by atoms with Crippen molar-refractivity contribution in [2.75, 3.05) is 6.54 Å². The molecule has 1 N–H and O–H groups in total. The Morgan fingerprint density at radius 3 is 2.81 bits per heavy atom. The molecule has 0 saturated heterocycles. The fourth-order valence-electron chi connectivity index (χ4n) is 1.62. The predicted octanol–water partition coefficient (Wildman–Crippen LogP) is 5.19. The fraction of sp³-hybridized carbons (Fsp3) is 0.214. The Morgan fingerprint density at radius 1 is 1.33 bits per heavy atom. The van der Waals surface area contributed by atoms with E-state index in [1.807, 2.05) is 6.92 Å². The van der Waals surface area contributed by atoms with E-state index in [0.29, 0.717) is 26.6 Å². The second-order valence-electron chi connectivity index (χ2n) is 4.17. The third kappa shape index (κ3) is 4.07. The molecule has 0 aliphatic rings. The van der Waals surface area contributed by atoms with Crippen LogP contribution in [0.25, 0.3) is 0 Å².